The Balaban J connectivity index is 1.56. The van der Waals surface area contributed by atoms with Crippen LogP contribution in [0.1, 0.15) is 15.2 Å². The second kappa shape index (κ2) is 7.45. The van der Waals surface area contributed by atoms with Crippen LogP contribution in [0.2, 0.25) is 0 Å². The topological polar surface area (TPSA) is 66.9 Å². The van der Waals surface area contributed by atoms with Crippen LogP contribution in [-0.2, 0) is 6.42 Å². The fourth-order valence-electron chi connectivity index (χ4n) is 1.93. The van der Waals surface area contributed by atoms with E-state index in [1.807, 2.05) is 11.4 Å². The number of aromatic nitrogens is 2. The van der Waals surface area contributed by atoms with E-state index < -0.39 is 17.5 Å². The van der Waals surface area contributed by atoms with E-state index in [2.05, 4.69) is 26.9 Å². The van der Waals surface area contributed by atoms with E-state index in [0.29, 0.717) is 17.7 Å². The lowest BCUT2D eigenvalue weighted by molar-refractivity contribution is 0.102. The largest absolute Gasteiger partial charge is 0.360 e. The van der Waals surface area contributed by atoms with Gasteiger partial charge in [-0.3, -0.25) is 10.1 Å². The molecule has 3 rings (SSSR count). The zero-order valence-electron chi connectivity index (χ0n) is 12.3. The number of hydrogen-bond donors (Lipinski definition) is 2. The molecular weight excluding hydrogens is 354 g/mol. The van der Waals surface area contributed by atoms with Crippen LogP contribution in [0.25, 0.3) is 0 Å². The molecule has 0 aliphatic rings. The molecule has 0 radical (unpaired) electrons. The molecule has 124 valence electrons. The first-order valence-electron chi connectivity index (χ1n) is 6.98. The normalized spacial score (nSPS) is 10.6. The molecule has 0 unspecified atom stereocenters. The molecule has 9 heteroatoms. The molecule has 24 heavy (non-hydrogen) atoms. The first kappa shape index (κ1) is 16.5. The third-order valence-corrected chi connectivity index (χ3v) is 4.78. The maximum atomic E-state index is 13.6. The summed E-state index contributed by atoms with van der Waals surface area (Å²) >= 11 is 2.82. The molecule has 1 amide bonds. The minimum Gasteiger partial charge on any atom is -0.360 e. The SMILES string of the molecule is O=C(Nc1nnc(NCCc2cccs2)s1)c1ccc(F)cc1F. The lowest BCUT2D eigenvalue weighted by atomic mass is 10.2. The Labute approximate surface area is 144 Å². The van der Waals surface area contributed by atoms with Gasteiger partial charge in [-0.15, -0.1) is 21.5 Å². The quantitative estimate of drug-likeness (QED) is 0.697. The summed E-state index contributed by atoms with van der Waals surface area (Å²) in [6.07, 6.45) is 0.861. The minimum absolute atomic E-state index is 0.238. The molecule has 0 bridgehead atoms. The fourth-order valence-corrected chi connectivity index (χ4v) is 3.30. The van der Waals surface area contributed by atoms with E-state index in [4.69, 9.17) is 0 Å². The van der Waals surface area contributed by atoms with E-state index in [1.165, 1.54) is 4.88 Å². The predicted molar refractivity (Wildman–Crippen MR) is 90.7 cm³/mol. The third-order valence-electron chi connectivity index (χ3n) is 3.05. The molecule has 2 aromatic heterocycles. The number of amides is 1. The highest BCUT2D eigenvalue weighted by molar-refractivity contribution is 7.19. The Kier molecular flexibility index (Phi) is 5.11. The first-order valence-corrected chi connectivity index (χ1v) is 8.67. The second-order valence-corrected chi connectivity index (χ2v) is 6.76. The van der Waals surface area contributed by atoms with Crippen LogP contribution in [-0.4, -0.2) is 22.6 Å². The number of rotatable bonds is 6. The lowest BCUT2D eigenvalue weighted by Crippen LogP contribution is -2.13. The summed E-state index contributed by atoms with van der Waals surface area (Å²) in [5.74, 6) is -2.36. The summed E-state index contributed by atoms with van der Waals surface area (Å²) in [5.41, 5.74) is -0.251. The summed E-state index contributed by atoms with van der Waals surface area (Å²) in [5, 5.41) is 16.1. The molecule has 0 saturated carbocycles. The molecule has 2 heterocycles. The number of thiophene rings is 1. The Morgan fingerprint density at radius 2 is 2.00 bits per heavy atom. The van der Waals surface area contributed by atoms with Crippen molar-refractivity contribution in [2.75, 3.05) is 17.2 Å². The van der Waals surface area contributed by atoms with E-state index in [-0.39, 0.29) is 10.7 Å². The van der Waals surface area contributed by atoms with Crippen LogP contribution >= 0.6 is 22.7 Å². The second-order valence-electron chi connectivity index (χ2n) is 4.75. The third kappa shape index (κ3) is 4.12. The smallest absolute Gasteiger partial charge is 0.260 e. The number of nitrogens with one attached hydrogen (secondary N) is 2. The Morgan fingerprint density at radius 1 is 1.17 bits per heavy atom. The number of carbonyl (C=O) groups excluding carboxylic acids is 1. The summed E-state index contributed by atoms with van der Waals surface area (Å²) in [6.45, 7) is 0.690. The summed E-state index contributed by atoms with van der Waals surface area (Å²) in [4.78, 5) is 13.2. The van der Waals surface area contributed by atoms with Crippen molar-refractivity contribution >= 4 is 38.8 Å². The first-order chi connectivity index (χ1) is 11.6. The van der Waals surface area contributed by atoms with Crippen molar-refractivity contribution in [3.63, 3.8) is 0 Å². The van der Waals surface area contributed by atoms with Crippen molar-refractivity contribution in [3.8, 4) is 0 Å². The average molecular weight is 366 g/mol. The number of nitrogens with zero attached hydrogens (tertiary/aromatic N) is 2. The van der Waals surface area contributed by atoms with Gasteiger partial charge in [0.2, 0.25) is 10.3 Å². The highest BCUT2D eigenvalue weighted by Gasteiger charge is 2.14. The van der Waals surface area contributed by atoms with Crippen molar-refractivity contribution in [3.05, 3.63) is 57.8 Å². The molecular formula is C15H12F2N4OS2. The molecule has 0 aliphatic carbocycles. The summed E-state index contributed by atoms with van der Waals surface area (Å²) in [6, 6.07) is 6.81. The van der Waals surface area contributed by atoms with Gasteiger partial charge in [0.05, 0.1) is 5.56 Å². The van der Waals surface area contributed by atoms with Gasteiger partial charge in [-0.05, 0) is 30.0 Å². The van der Waals surface area contributed by atoms with E-state index >= 15 is 0 Å². The molecule has 0 saturated heterocycles. The molecule has 3 aromatic rings. The highest BCUT2D eigenvalue weighted by Crippen LogP contribution is 2.21. The van der Waals surface area contributed by atoms with Crippen LogP contribution in [0.3, 0.4) is 0 Å². The molecule has 0 spiro atoms. The van der Waals surface area contributed by atoms with Crippen molar-refractivity contribution in [1.29, 1.82) is 0 Å². The van der Waals surface area contributed by atoms with Gasteiger partial charge in [-0.25, -0.2) is 8.78 Å². The van der Waals surface area contributed by atoms with Gasteiger partial charge in [-0.2, -0.15) is 0 Å². The molecule has 0 fully saturated rings. The Morgan fingerprint density at radius 3 is 2.75 bits per heavy atom. The number of halogens is 2. The van der Waals surface area contributed by atoms with Crippen LogP contribution in [0.15, 0.2) is 35.7 Å². The molecule has 0 atom stereocenters. The molecule has 1 aromatic carbocycles. The zero-order chi connectivity index (χ0) is 16.9. The van der Waals surface area contributed by atoms with E-state index in [1.54, 1.807) is 11.3 Å². The van der Waals surface area contributed by atoms with Crippen molar-refractivity contribution in [1.82, 2.24) is 10.2 Å². The van der Waals surface area contributed by atoms with Gasteiger partial charge >= 0.3 is 0 Å². The van der Waals surface area contributed by atoms with Crippen LogP contribution < -0.4 is 10.6 Å². The van der Waals surface area contributed by atoms with Crippen molar-refractivity contribution < 1.29 is 13.6 Å². The zero-order valence-corrected chi connectivity index (χ0v) is 13.9. The Bertz CT molecular complexity index is 836. The van der Waals surface area contributed by atoms with Crippen molar-refractivity contribution in [2.45, 2.75) is 6.42 Å². The number of anilines is 2. The maximum Gasteiger partial charge on any atom is 0.260 e. The number of benzene rings is 1. The van der Waals surface area contributed by atoms with Gasteiger partial charge in [0.1, 0.15) is 11.6 Å². The summed E-state index contributed by atoms with van der Waals surface area (Å²) < 4.78 is 26.4. The molecule has 5 nitrogen and oxygen atoms in total. The monoisotopic (exact) mass is 366 g/mol. The van der Waals surface area contributed by atoms with Crippen LogP contribution in [0.5, 0.6) is 0 Å². The fraction of sp³-hybridized carbons (Fsp3) is 0.133. The van der Waals surface area contributed by atoms with Gasteiger partial charge in [-0.1, -0.05) is 17.4 Å². The molecule has 0 aliphatic heterocycles. The summed E-state index contributed by atoms with van der Waals surface area (Å²) in [7, 11) is 0. The van der Waals surface area contributed by atoms with E-state index in [9.17, 15) is 13.6 Å². The van der Waals surface area contributed by atoms with Gasteiger partial charge in [0, 0.05) is 17.5 Å². The lowest BCUT2D eigenvalue weighted by Gasteiger charge is -2.02. The predicted octanol–water partition coefficient (Wildman–Crippen LogP) is 3.78. The Hall–Kier alpha value is -2.39. The van der Waals surface area contributed by atoms with Crippen molar-refractivity contribution in [2.24, 2.45) is 0 Å². The maximum absolute atomic E-state index is 13.6. The number of carbonyl (C=O) groups is 1. The van der Waals surface area contributed by atoms with Crippen LogP contribution in [0, 0.1) is 11.6 Å². The van der Waals surface area contributed by atoms with Gasteiger partial charge in [0.15, 0.2) is 0 Å². The van der Waals surface area contributed by atoms with E-state index in [0.717, 1.165) is 29.9 Å². The van der Waals surface area contributed by atoms with Gasteiger partial charge < -0.3 is 5.32 Å². The average Bonchev–Trinajstić information content (AvgIpc) is 3.19. The van der Waals surface area contributed by atoms with Gasteiger partial charge in [0.25, 0.3) is 5.91 Å². The number of hydrogen-bond acceptors (Lipinski definition) is 6. The standard InChI is InChI=1S/C15H12F2N4OS2/c16-9-3-4-11(12(17)8-9)13(22)19-15-21-20-14(24-15)18-6-5-10-2-1-7-23-10/h1-4,7-8H,5-6H2,(H,18,20)(H,19,21,22). The molecule has 2 N–H and O–H groups in total. The van der Waals surface area contributed by atoms with Crippen LogP contribution in [0.4, 0.5) is 19.0 Å². The highest BCUT2D eigenvalue weighted by atomic mass is 32.1. The minimum atomic E-state index is -0.925.